The Hall–Kier alpha value is -2.09. The van der Waals surface area contributed by atoms with Crippen molar-refractivity contribution in [1.82, 2.24) is 4.31 Å². The molecule has 0 spiro atoms. The molecule has 0 saturated heterocycles. The molecule has 6 nitrogen and oxygen atoms in total. The summed E-state index contributed by atoms with van der Waals surface area (Å²) in [5.41, 5.74) is 0.526. The van der Waals surface area contributed by atoms with Crippen molar-refractivity contribution in [2.75, 3.05) is 25.5 Å². The van der Waals surface area contributed by atoms with Gasteiger partial charge in [0.2, 0.25) is 15.9 Å². The van der Waals surface area contributed by atoms with E-state index in [-0.39, 0.29) is 10.8 Å². The van der Waals surface area contributed by atoms with Crippen molar-refractivity contribution in [2.24, 2.45) is 0 Å². The molecule has 0 unspecified atom stereocenters. The Kier molecular flexibility index (Phi) is 6.75. The fourth-order valence-electron chi connectivity index (χ4n) is 3.86. The van der Waals surface area contributed by atoms with Crippen LogP contribution in [0.3, 0.4) is 0 Å². The summed E-state index contributed by atoms with van der Waals surface area (Å²) in [7, 11) is -2.17. The third kappa shape index (κ3) is 4.06. The van der Waals surface area contributed by atoms with Crippen LogP contribution < -0.4 is 10.1 Å². The summed E-state index contributed by atoms with van der Waals surface area (Å²) in [6.45, 7) is 4.31. The molecule has 162 valence electrons. The van der Waals surface area contributed by atoms with Crippen LogP contribution in [0, 0.1) is 0 Å². The molecule has 1 N–H and O–H groups in total. The summed E-state index contributed by atoms with van der Waals surface area (Å²) in [6, 6.07) is 11.9. The van der Waals surface area contributed by atoms with Crippen molar-refractivity contribution in [3.8, 4) is 5.75 Å². The maximum Gasteiger partial charge on any atom is 0.243 e. The third-order valence-corrected chi connectivity index (χ3v) is 8.06. The number of hydrogen-bond donors (Lipinski definition) is 1. The van der Waals surface area contributed by atoms with Gasteiger partial charge in [-0.3, -0.25) is 4.79 Å². The number of benzene rings is 2. The second kappa shape index (κ2) is 8.96. The standard InChI is InChI=1S/C22H27ClN2O4S/c1-4-25(5-2)30(27,28)18-10-11-20(29-3)19(15-18)24-21(26)22(12-7-13-22)16-8-6-9-17(23)14-16/h6,8-11,14-15H,4-5,7,12-13H2,1-3H3,(H,24,26). The number of carbonyl (C=O) groups is 1. The van der Waals surface area contributed by atoms with Crippen molar-refractivity contribution in [3.05, 3.63) is 53.1 Å². The van der Waals surface area contributed by atoms with Crippen molar-refractivity contribution in [3.63, 3.8) is 0 Å². The number of sulfonamides is 1. The minimum absolute atomic E-state index is 0.118. The minimum atomic E-state index is -3.66. The average Bonchev–Trinajstić information content (AvgIpc) is 2.68. The summed E-state index contributed by atoms with van der Waals surface area (Å²) in [6.07, 6.45) is 2.35. The number of hydrogen-bond acceptors (Lipinski definition) is 4. The molecular formula is C22H27ClN2O4S. The molecule has 0 heterocycles. The summed E-state index contributed by atoms with van der Waals surface area (Å²) in [4.78, 5) is 13.5. The molecule has 1 amide bonds. The molecule has 0 atom stereocenters. The highest BCUT2D eigenvalue weighted by atomic mass is 35.5. The fourth-order valence-corrected chi connectivity index (χ4v) is 5.54. The van der Waals surface area contributed by atoms with Gasteiger partial charge in [0.15, 0.2) is 0 Å². The van der Waals surface area contributed by atoms with Crippen LogP contribution in [-0.2, 0) is 20.2 Å². The number of carbonyl (C=O) groups excluding carboxylic acids is 1. The molecular weight excluding hydrogens is 424 g/mol. The number of anilines is 1. The normalized spacial score (nSPS) is 15.5. The van der Waals surface area contributed by atoms with E-state index < -0.39 is 15.4 Å². The molecule has 2 aromatic carbocycles. The Bertz CT molecular complexity index is 1030. The van der Waals surface area contributed by atoms with Crippen LogP contribution in [0.5, 0.6) is 5.75 Å². The van der Waals surface area contributed by atoms with Gasteiger partial charge in [0.25, 0.3) is 0 Å². The summed E-state index contributed by atoms with van der Waals surface area (Å²) in [5.74, 6) is 0.217. The van der Waals surface area contributed by atoms with Gasteiger partial charge in [0, 0.05) is 18.1 Å². The Balaban J connectivity index is 1.96. The second-order valence-corrected chi connectivity index (χ2v) is 9.73. The van der Waals surface area contributed by atoms with Crippen LogP contribution in [0.1, 0.15) is 38.7 Å². The first-order chi connectivity index (χ1) is 14.3. The molecule has 1 fully saturated rings. The van der Waals surface area contributed by atoms with Gasteiger partial charge >= 0.3 is 0 Å². The Morgan fingerprint density at radius 1 is 1.17 bits per heavy atom. The molecule has 2 aromatic rings. The van der Waals surface area contributed by atoms with Crippen LogP contribution in [0.15, 0.2) is 47.4 Å². The van der Waals surface area contributed by atoms with E-state index in [4.69, 9.17) is 16.3 Å². The van der Waals surface area contributed by atoms with Gasteiger partial charge in [-0.15, -0.1) is 0 Å². The second-order valence-electron chi connectivity index (χ2n) is 7.35. The molecule has 0 aromatic heterocycles. The highest BCUT2D eigenvalue weighted by Crippen LogP contribution is 2.45. The molecule has 30 heavy (non-hydrogen) atoms. The van der Waals surface area contributed by atoms with Gasteiger partial charge in [-0.05, 0) is 48.7 Å². The monoisotopic (exact) mass is 450 g/mol. The van der Waals surface area contributed by atoms with Gasteiger partial charge in [0.1, 0.15) is 5.75 Å². The number of methoxy groups -OCH3 is 1. The van der Waals surface area contributed by atoms with E-state index in [0.717, 1.165) is 12.0 Å². The molecule has 8 heteroatoms. The molecule has 1 aliphatic carbocycles. The minimum Gasteiger partial charge on any atom is -0.495 e. The lowest BCUT2D eigenvalue weighted by molar-refractivity contribution is -0.124. The van der Waals surface area contributed by atoms with Gasteiger partial charge in [-0.25, -0.2) is 8.42 Å². The maximum atomic E-state index is 13.3. The van der Waals surface area contributed by atoms with E-state index >= 15 is 0 Å². The molecule has 0 aliphatic heterocycles. The first-order valence-corrected chi connectivity index (χ1v) is 11.9. The number of halogens is 1. The predicted octanol–water partition coefficient (Wildman–Crippen LogP) is 4.44. The van der Waals surface area contributed by atoms with E-state index in [9.17, 15) is 13.2 Å². The van der Waals surface area contributed by atoms with Crippen molar-refractivity contribution < 1.29 is 17.9 Å². The first kappa shape index (κ1) is 22.6. The number of rotatable bonds is 8. The summed E-state index contributed by atoms with van der Waals surface area (Å²) >= 11 is 6.15. The van der Waals surface area contributed by atoms with E-state index in [0.29, 0.717) is 42.4 Å². The van der Waals surface area contributed by atoms with Crippen molar-refractivity contribution in [1.29, 1.82) is 0 Å². The smallest absolute Gasteiger partial charge is 0.243 e. The molecule has 0 bridgehead atoms. The topological polar surface area (TPSA) is 75.7 Å². The third-order valence-electron chi connectivity index (χ3n) is 5.78. The zero-order valence-electron chi connectivity index (χ0n) is 17.4. The van der Waals surface area contributed by atoms with Gasteiger partial charge in [0.05, 0.1) is 23.1 Å². The lowest BCUT2D eigenvalue weighted by Gasteiger charge is -2.41. The lowest BCUT2D eigenvalue weighted by atomic mass is 9.64. The Morgan fingerprint density at radius 2 is 1.87 bits per heavy atom. The van der Waals surface area contributed by atoms with E-state index in [2.05, 4.69) is 5.32 Å². The average molecular weight is 451 g/mol. The first-order valence-electron chi connectivity index (χ1n) is 10.0. The number of ether oxygens (including phenoxy) is 1. The van der Waals surface area contributed by atoms with Gasteiger partial charge < -0.3 is 10.1 Å². The quantitative estimate of drug-likeness (QED) is 0.645. The van der Waals surface area contributed by atoms with Gasteiger partial charge in [-0.2, -0.15) is 4.31 Å². The predicted molar refractivity (Wildman–Crippen MR) is 119 cm³/mol. The fraction of sp³-hybridized carbons (Fsp3) is 0.409. The summed E-state index contributed by atoms with van der Waals surface area (Å²) < 4.78 is 32.6. The number of amides is 1. The van der Waals surface area contributed by atoms with Crippen LogP contribution in [0.2, 0.25) is 5.02 Å². The van der Waals surface area contributed by atoms with Crippen LogP contribution in [0.25, 0.3) is 0 Å². The SMILES string of the molecule is CCN(CC)S(=O)(=O)c1ccc(OC)c(NC(=O)C2(c3cccc(Cl)c3)CCC2)c1. The van der Waals surface area contributed by atoms with Crippen LogP contribution in [0.4, 0.5) is 5.69 Å². The van der Waals surface area contributed by atoms with E-state index in [1.165, 1.54) is 23.5 Å². The Labute approximate surface area is 183 Å². The van der Waals surface area contributed by atoms with Crippen LogP contribution in [-0.4, -0.2) is 38.8 Å². The zero-order valence-corrected chi connectivity index (χ0v) is 19.0. The maximum absolute atomic E-state index is 13.3. The van der Waals surface area contributed by atoms with E-state index in [1.807, 2.05) is 18.2 Å². The number of nitrogens with zero attached hydrogens (tertiary/aromatic N) is 1. The Morgan fingerprint density at radius 3 is 2.40 bits per heavy atom. The molecule has 1 aliphatic rings. The van der Waals surface area contributed by atoms with Crippen molar-refractivity contribution in [2.45, 2.75) is 43.4 Å². The molecule has 1 saturated carbocycles. The van der Waals surface area contributed by atoms with E-state index in [1.54, 1.807) is 26.0 Å². The largest absolute Gasteiger partial charge is 0.495 e. The zero-order chi connectivity index (χ0) is 21.9. The highest BCUT2D eigenvalue weighted by molar-refractivity contribution is 7.89. The highest BCUT2D eigenvalue weighted by Gasteiger charge is 2.46. The van der Waals surface area contributed by atoms with Crippen LogP contribution >= 0.6 is 11.6 Å². The van der Waals surface area contributed by atoms with Gasteiger partial charge in [-0.1, -0.05) is 44.0 Å². The summed E-state index contributed by atoms with van der Waals surface area (Å²) in [5, 5.41) is 3.50. The van der Waals surface area contributed by atoms with Crippen molar-refractivity contribution >= 4 is 33.2 Å². The number of nitrogens with one attached hydrogen (secondary N) is 1. The molecule has 0 radical (unpaired) electrons. The molecule has 3 rings (SSSR count). The lowest BCUT2D eigenvalue weighted by Crippen LogP contribution is -2.46.